The summed E-state index contributed by atoms with van der Waals surface area (Å²) >= 11 is 0. The van der Waals surface area contributed by atoms with Gasteiger partial charge in [-0.2, -0.15) is 0 Å². The van der Waals surface area contributed by atoms with Crippen LogP contribution in [0.2, 0.25) is 0 Å². The van der Waals surface area contributed by atoms with Crippen LogP contribution in [0, 0.1) is 0 Å². The van der Waals surface area contributed by atoms with Crippen molar-refractivity contribution in [2.75, 3.05) is 6.61 Å². The summed E-state index contributed by atoms with van der Waals surface area (Å²) in [5.41, 5.74) is 4.54. The normalized spacial score (nSPS) is 6.48. The Labute approximate surface area is 462 Å². The van der Waals surface area contributed by atoms with Gasteiger partial charge in [0.15, 0.2) is 0 Å². The summed E-state index contributed by atoms with van der Waals surface area (Å²) < 4.78 is 4.18. The standard InChI is InChI=1S/C3H7NO2.15C3H4O2/c1-2-6-3(4)5;15*1-2-3(4)5/h2H2,1H3,(H2,4,5);15*2H,1H2,(H,4,5). The first kappa shape index (κ1) is 113. The number of carboxylic acid groups (broad SMARTS) is 15. The van der Waals surface area contributed by atoms with Crippen LogP contribution in [-0.2, 0) is 76.7 Å². The molecule has 0 aromatic rings. The first-order valence-corrected chi connectivity index (χ1v) is 18.6. The van der Waals surface area contributed by atoms with Gasteiger partial charge in [0, 0.05) is 91.1 Å². The highest BCUT2D eigenvalue weighted by Crippen LogP contribution is 1.66. The Kier molecular flexibility index (Phi) is 151. The predicted octanol–water partition coefficient (Wildman–Crippen LogP) is 3.96. The number of aliphatic carboxylic acids is 15. The number of carboxylic acids is 15. The second-order valence-electron chi connectivity index (χ2n) is 8.89. The highest BCUT2D eigenvalue weighted by Gasteiger charge is 1.83. The van der Waals surface area contributed by atoms with Crippen molar-refractivity contribution in [3.8, 4) is 0 Å². The lowest BCUT2D eigenvalue weighted by Crippen LogP contribution is -2.11. The van der Waals surface area contributed by atoms with Gasteiger partial charge in [0.1, 0.15) is 0 Å². The van der Waals surface area contributed by atoms with Crippen molar-refractivity contribution in [3.63, 3.8) is 0 Å². The van der Waals surface area contributed by atoms with Crippen molar-refractivity contribution in [1.82, 2.24) is 0 Å². The van der Waals surface area contributed by atoms with Crippen LogP contribution >= 0.6 is 0 Å². The van der Waals surface area contributed by atoms with E-state index in [4.69, 9.17) is 76.6 Å². The van der Waals surface area contributed by atoms with E-state index in [1.165, 1.54) is 0 Å². The fourth-order valence-corrected chi connectivity index (χ4v) is 0.142. The van der Waals surface area contributed by atoms with Gasteiger partial charge in [0.05, 0.1) is 6.61 Å². The molecule has 0 rings (SSSR count). The van der Waals surface area contributed by atoms with E-state index in [1.807, 2.05) is 0 Å². The number of primary amides is 1. The monoisotopic (exact) mass is 1170 g/mol. The van der Waals surface area contributed by atoms with E-state index in [9.17, 15) is 76.7 Å². The van der Waals surface area contributed by atoms with Crippen LogP contribution in [0.15, 0.2) is 190 Å². The SMILES string of the molecule is C=CC(=O)O.C=CC(=O)O.C=CC(=O)O.C=CC(=O)O.C=CC(=O)O.C=CC(=O)O.C=CC(=O)O.C=CC(=O)O.C=CC(=O)O.C=CC(=O)O.C=CC(=O)O.C=CC(=O)O.C=CC(=O)O.C=CC(=O)O.C=CC(=O)O.CCOC(N)=O. The third-order valence-electron chi connectivity index (χ3n) is 2.91. The molecule has 0 radical (unpaired) electrons. The molecule has 0 aliphatic heterocycles. The van der Waals surface area contributed by atoms with Crippen LogP contribution in [-0.4, -0.2) is 179 Å². The summed E-state index contributed by atoms with van der Waals surface area (Å²) in [5, 5.41) is 114. The molecule has 0 bridgehead atoms. The summed E-state index contributed by atoms with van der Waals surface area (Å²) in [7, 11) is 0. The maximum atomic E-state index is 9.60. The van der Waals surface area contributed by atoms with Gasteiger partial charge in [-0.25, -0.2) is 76.7 Å². The molecule has 0 atom stereocenters. The lowest BCUT2D eigenvalue weighted by atomic mass is 10.7. The Balaban J connectivity index is -0.0000000397. The molecule has 33 heteroatoms. The van der Waals surface area contributed by atoms with E-state index in [-0.39, 0.29) is 0 Å². The van der Waals surface area contributed by atoms with Gasteiger partial charge in [-0.05, 0) is 6.92 Å². The number of nitrogens with two attached hydrogens (primary N) is 1. The highest BCUT2D eigenvalue weighted by molar-refractivity contribution is 5.83. The molecule has 0 unspecified atom stereocenters. The summed E-state index contributed by atoms with van der Waals surface area (Å²) in [4.78, 5) is 148. The number of amides is 1. The van der Waals surface area contributed by atoms with Crippen molar-refractivity contribution in [3.05, 3.63) is 190 Å². The average molecular weight is 1170 g/mol. The van der Waals surface area contributed by atoms with E-state index in [2.05, 4.69) is 109 Å². The number of hydrogen-bond donors (Lipinski definition) is 16. The molecule has 0 saturated heterocycles. The van der Waals surface area contributed by atoms with E-state index in [1.54, 1.807) is 6.92 Å². The molecule has 0 saturated carbocycles. The largest absolute Gasteiger partial charge is 0.478 e. The van der Waals surface area contributed by atoms with Crippen molar-refractivity contribution in [2.24, 2.45) is 5.73 Å². The van der Waals surface area contributed by atoms with Crippen molar-refractivity contribution in [1.29, 1.82) is 0 Å². The number of ether oxygens (including phenoxy) is 1. The smallest absolute Gasteiger partial charge is 0.404 e. The highest BCUT2D eigenvalue weighted by atomic mass is 16.5. The van der Waals surface area contributed by atoms with Crippen molar-refractivity contribution in [2.45, 2.75) is 6.92 Å². The van der Waals surface area contributed by atoms with Gasteiger partial charge in [0.2, 0.25) is 0 Å². The van der Waals surface area contributed by atoms with E-state index < -0.39 is 95.6 Å². The third kappa shape index (κ3) is 692. The van der Waals surface area contributed by atoms with E-state index in [0.29, 0.717) is 6.61 Å². The molecule has 456 valence electrons. The van der Waals surface area contributed by atoms with Gasteiger partial charge < -0.3 is 87.1 Å². The lowest BCUT2D eigenvalue weighted by molar-refractivity contribution is -0.132. The number of carbonyl (C=O) groups is 16. The minimum Gasteiger partial charge on any atom is -0.478 e. The molecule has 0 fully saturated rings. The van der Waals surface area contributed by atoms with Crippen LogP contribution in [0.4, 0.5) is 4.79 Å². The summed E-state index contributed by atoms with van der Waals surface area (Å²) in [6.45, 7) is 46.5. The molecule has 0 aliphatic rings. The molecule has 1 amide bonds. The lowest BCUT2D eigenvalue weighted by Gasteiger charge is -1.89. The first-order chi connectivity index (χ1) is 36.8. The molecule has 0 aliphatic carbocycles. The molecule has 0 aromatic carbocycles. The number of carbonyl (C=O) groups excluding carboxylic acids is 1. The molecule has 17 N–H and O–H groups in total. The third-order valence-corrected chi connectivity index (χ3v) is 2.91. The Hall–Kier alpha value is -12.6. The van der Waals surface area contributed by atoms with Crippen LogP contribution in [0.5, 0.6) is 0 Å². The van der Waals surface area contributed by atoms with Crippen LogP contribution < -0.4 is 5.73 Å². The maximum absolute atomic E-state index is 9.60. The van der Waals surface area contributed by atoms with Gasteiger partial charge in [-0.1, -0.05) is 98.7 Å². The molecular formula is C48H67NO32. The van der Waals surface area contributed by atoms with E-state index >= 15 is 0 Å². The molecule has 0 heterocycles. The first-order valence-electron chi connectivity index (χ1n) is 18.6. The Morgan fingerprint density at radius 1 is 0.235 bits per heavy atom. The Bertz CT molecular complexity index is 1510. The fraction of sp³-hybridized carbons (Fsp3) is 0.0417. The zero-order valence-electron chi connectivity index (χ0n) is 43.2. The van der Waals surface area contributed by atoms with E-state index in [0.717, 1.165) is 91.1 Å². The number of hydrogen-bond acceptors (Lipinski definition) is 17. The topological polar surface area (TPSA) is 612 Å². The van der Waals surface area contributed by atoms with Crippen molar-refractivity contribution >= 4 is 95.6 Å². The molecule has 81 heavy (non-hydrogen) atoms. The van der Waals surface area contributed by atoms with Gasteiger partial charge in [-0.3, -0.25) is 0 Å². The molecule has 33 nitrogen and oxygen atoms in total. The maximum Gasteiger partial charge on any atom is 0.404 e. The Morgan fingerprint density at radius 2 is 0.284 bits per heavy atom. The van der Waals surface area contributed by atoms with Gasteiger partial charge >= 0.3 is 95.6 Å². The Morgan fingerprint density at radius 3 is 0.284 bits per heavy atom. The minimum absolute atomic E-state index is 0.356. The van der Waals surface area contributed by atoms with Crippen LogP contribution in [0.25, 0.3) is 0 Å². The second-order valence-corrected chi connectivity index (χ2v) is 8.89. The zero-order chi connectivity index (χ0) is 69.3. The van der Waals surface area contributed by atoms with Crippen LogP contribution in [0.3, 0.4) is 0 Å². The van der Waals surface area contributed by atoms with Gasteiger partial charge in [-0.15, -0.1) is 0 Å². The van der Waals surface area contributed by atoms with Gasteiger partial charge in [0.25, 0.3) is 0 Å². The summed E-state index contributed by atoms with van der Waals surface area (Å²) in [5.74, 6) is -14.7. The molecule has 0 spiro atoms. The number of rotatable bonds is 16. The fourth-order valence-electron chi connectivity index (χ4n) is 0.142. The summed E-state index contributed by atoms with van der Waals surface area (Å²) in [6, 6.07) is 0. The van der Waals surface area contributed by atoms with Crippen LogP contribution in [0.1, 0.15) is 6.92 Å². The average Bonchev–Trinajstić information content (AvgIpc) is 3.40. The zero-order valence-corrected chi connectivity index (χ0v) is 43.2. The quantitative estimate of drug-likeness (QED) is 0.0972. The molecular weight excluding hydrogens is 1100 g/mol. The molecule has 0 aromatic heterocycles. The minimum atomic E-state index is -0.981. The van der Waals surface area contributed by atoms with Crippen molar-refractivity contribution < 1.29 is 158 Å². The summed E-state index contributed by atoms with van der Waals surface area (Å²) in [6.07, 6.45) is 11.8. The second kappa shape index (κ2) is 108. The predicted molar refractivity (Wildman–Crippen MR) is 289 cm³/mol.